The molecule has 5 nitrogen and oxygen atoms in total. The summed E-state index contributed by atoms with van der Waals surface area (Å²) in [5.41, 5.74) is 3.37. The largest absolute Gasteiger partial charge is 0.493 e. The fourth-order valence-electron chi connectivity index (χ4n) is 4.19. The number of rotatable bonds is 7. The number of likely N-dealkylation sites (tertiary alicyclic amines) is 1. The molecule has 156 valence electrons. The maximum Gasteiger partial charge on any atom is 0.320 e. The predicted octanol–water partition coefficient (Wildman–Crippen LogP) is 4.86. The lowest BCUT2D eigenvalue weighted by Gasteiger charge is -2.39. The number of aliphatic carboxylic acids is 1. The second kappa shape index (κ2) is 9.31. The summed E-state index contributed by atoms with van der Waals surface area (Å²) in [4.78, 5) is 14.1. The van der Waals surface area contributed by atoms with Crippen LogP contribution in [-0.4, -0.2) is 42.8 Å². The maximum absolute atomic E-state index is 12.0. The minimum absolute atomic E-state index is 0.155. The van der Waals surface area contributed by atoms with Gasteiger partial charge in [0, 0.05) is 0 Å². The molecular weight excluding hydrogens is 366 g/mol. The molecule has 2 atom stereocenters. The van der Waals surface area contributed by atoms with Crippen molar-refractivity contribution in [1.29, 1.82) is 0 Å². The van der Waals surface area contributed by atoms with Crippen LogP contribution in [-0.2, 0) is 4.79 Å². The van der Waals surface area contributed by atoms with Crippen LogP contribution in [0.1, 0.15) is 61.8 Å². The molecular formula is C24H31NO4. The Morgan fingerprint density at radius 3 is 2.17 bits per heavy atom. The molecule has 29 heavy (non-hydrogen) atoms. The van der Waals surface area contributed by atoms with Crippen LogP contribution < -0.4 is 9.47 Å². The van der Waals surface area contributed by atoms with Crippen LogP contribution in [0.15, 0.2) is 42.5 Å². The highest BCUT2D eigenvalue weighted by atomic mass is 16.5. The summed E-state index contributed by atoms with van der Waals surface area (Å²) in [6.45, 7) is 5.10. The number of carboxylic acid groups (broad SMARTS) is 1. The van der Waals surface area contributed by atoms with Crippen molar-refractivity contribution in [3.8, 4) is 11.5 Å². The zero-order valence-corrected chi connectivity index (χ0v) is 17.7. The molecule has 0 bridgehead atoms. The van der Waals surface area contributed by atoms with Crippen molar-refractivity contribution in [3.63, 3.8) is 0 Å². The smallest absolute Gasteiger partial charge is 0.320 e. The van der Waals surface area contributed by atoms with Gasteiger partial charge < -0.3 is 14.6 Å². The number of hydrogen-bond donors (Lipinski definition) is 1. The van der Waals surface area contributed by atoms with Gasteiger partial charge in [0.15, 0.2) is 11.5 Å². The highest BCUT2D eigenvalue weighted by Gasteiger charge is 2.35. The van der Waals surface area contributed by atoms with E-state index in [2.05, 4.69) is 43.0 Å². The van der Waals surface area contributed by atoms with Crippen molar-refractivity contribution in [2.45, 2.75) is 51.1 Å². The van der Waals surface area contributed by atoms with Crippen molar-refractivity contribution >= 4 is 5.97 Å². The third kappa shape index (κ3) is 4.56. The summed E-state index contributed by atoms with van der Waals surface area (Å²) in [6, 6.07) is 13.8. The third-order valence-corrected chi connectivity index (χ3v) is 5.80. The van der Waals surface area contributed by atoms with E-state index in [-0.39, 0.29) is 6.04 Å². The van der Waals surface area contributed by atoms with Crippen LogP contribution in [0.3, 0.4) is 0 Å². The van der Waals surface area contributed by atoms with Crippen LogP contribution in [0.5, 0.6) is 11.5 Å². The molecule has 1 aliphatic rings. The van der Waals surface area contributed by atoms with Crippen molar-refractivity contribution < 1.29 is 19.4 Å². The number of benzene rings is 2. The van der Waals surface area contributed by atoms with E-state index in [1.807, 2.05) is 18.2 Å². The first-order valence-corrected chi connectivity index (χ1v) is 10.3. The topological polar surface area (TPSA) is 59.0 Å². The lowest BCUT2D eigenvalue weighted by Crippen LogP contribution is -2.46. The van der Waals surface area contributed by atoms with Crippen LogP contribution in [0.4, 0.5) is 0 Å². The van der Waals surface area contributed by atoms with Crippen molar-refractivity contribution in [2.24, 2.45) is 0 Å². The summed E-state index contributed by atoms with van der Waals surface area (Å²) in [6.07, 6.45) is 2.61. The van der Waals surface area contributed by atoms with Gasteiger partial charge in [-0.05, 0) is 54.1 Å². The molecule has 1 N–H and O–H groups in total. The first-order chi connectivity index (χ1) is 14.0. The van der Waals surface area contributed by atoms with Gasteiger partial charge in [-0.25, -0.2) is 0 Å². The summed E-state index contributed by atoms with van der Waals surface area (Å²) in [7, 11) is 3.24. The molecule has 2 aromatic rings. The summed E-state index contributed by atoms with van der Waals surface area (Å²) >= 11 is 0. The Morgan fingerprint density at radius 2 is 1.59 bits per heavy atom. The Bertz CT molecular complexity index is 831. The van der Waals surface area contributed by atoms with Gasteiger partial charge >= 0.3 is 5.97 Å². The van der Waals surface area contributed by atoms with Gasteiger partial charge in [-0.1, -0.05) is 50.6 Å². The zero-order chi connectivity index (χ0) is 21.0. The Hall–Kier alpha value is -2.53. The van der Waals surface area contributed by atoms with Gasteiger partial charge in [-0.15, -0.1) is 0 Å². The van der Waals surface area contributed by atoms with E-state index in [1.54, 1.807) is 14.2 Å². The first-order valence-electron chi connectivity index (χ1n) is 10.3. The molecule has 0 radical (unpaired) electrons. The van der Waals surface area contributed by atoms with Gasteiger partial charge in [0.05, 0.1) is 20.3 Å². The van der Waals surface area contributed by atoms with Gasteiger partial charge in [0.1, 0.15) is 6.04 Å². The lowest BCUT2D eigenvalue weighted by molar-refractivity contribution is -0.145. The molecule has 0 saturated carbocycles. The molecule has 0 aromatic heterocycles. The van der Waals surface area contributed by atoms with E-state index in [4.69, 9.17) is 9.47 Å². The highest BCUT2D eigenvalue weighted by Crippen LogP contribution is 2.38. The summed E-state index contributed by atoms with van der Waals surface area (Å²) in [5, 5.41) is 9.86. The monoisotopic (exact) mass is 397 g/mol. The fourth-order valence-corrected chi connectivity index (χ4v) is 4.19. The number of methoxy groups -OCH3 is 2. The molecule has 1 saturated heterocycles. The molecule has 5 heteroatoms. The maximum atomic E-state index is 12.0. The Balaban J connectivity index is 2.09. The third-order valence-electron chi connectivity index (χ3n) is 5.80. The van der Waals surface area contributed by atoms with Gasteiger partial charge in [0.25, 0.3) is 0 Å². The van der Waals surface area contributed by atoms with Crippen LogP contribution in [0.2, 0.25) is 0 Å². The van der Waals surface area contributed by atoms with Crippen LogP contribution in [0, 0.1) is 0 Å². The zero-order valence-electron chi connectivity index (χ0n) is 17.7. The normalized spacial score (nSPS) is 18.4. The predicted molar refractivity (Wildman–Crippen MR) is 114 cm³/mol. The van der Waals surface area contributed by atoms with Gasteiger partial charge in [0.2, 0.25) is 0 Å². The number of carboxylic acids is 1. The van der Waals surface area contributed by atoms with E-state index < -0.39 is 12.0 Å². The van der Waals surface area contributed by atoms with E-state index in [0.29, 0.717) is 23.8 Å². The molecule has 2 unspecified atom stereocenters. The average molecular weight is 398 g/mol. The quantitative estimate of drug-likeness (QED) is 0.723. The Kier molecular flexibility index (Phi) is 6.80. The molecule has 3 rings (SSSR count). The van der Waals surface area contributed by atoms with Crippen LogP contribution in [0.25, 0.3) is 0 Å². The summed E-state index contributed by atoms with van der Waals surface area (Å²) in [5.74, 6) is 1.01. The van der Waals surface area contributed by atoms with Crippen LogP contribution >= 0.6 is 0 Å². The number of ether oxygens (including phenoxy) is 2. The number of hydrogen-bond acceptors (Lipinski definition) is 4. The van der Waals surface area contributed by atoms with E-state index in [1.165, 1.54) is 5.56 Å². The van der Waals surface area contributed by atoms with E-state index in [0.717, 1.165) is 30.5 Å². The molecule has 0 amide bonds. The molecule has 1 heterocycles. The lowest BCUT2D eigenvalue weighted by atomic mass is 9.90. The van der Waals surface area contributed by atoms with Crippen molar-refractivity contribution in [1.82, 2.24) is 4.90 Å². The first kappa shape index (κ1) is 21.2. The number of nitrogens with zero attached hydrogens (tertiary/aromatic N) is 1. The standard InChI is InChI=1S/C24H31NO4/c1-16(2)17-8-10-18(11-9-17)23(25-14-6-5-7-20(25)24(26)27)19-12-13-21(28-3)22(15-19)29-4/h8-13,15-16,20,23H,5-7,14H2,1-4H3,(H,26,27). The van der Waals surface area contributed by atoms with Crippen molar-refractivity contribution in [2.75, 3.05) is 20.8 Å². The van der Waals surface area contributed by atoms with Gasteiger partial charge in [-0.2, -0.15) is 0 Å². The second-order valence-electron chi connectivity index (χ2n) is 7.93. The van der Waals surface area contributed by atoms with Crippen molar-refractivity contribution in [3.05, 3.63) is 59.2 Å². The van der Waals surface area contributed by atoms with E-state index >= 15 is 0 Å². The van der Waals surface area contributed by atoms with E-state index in [9.17, 15) is 9.90 Å². The molecule has 0 aliphatic carbocycles. The molecule has 2 aromatic carbocycles. The molecule has 1 aliphatic heterocycles. The second-order valence-corrected chi connectivity index (χ2v) is 7.93. The highest BCUT2D eigenvalue weighted by molar-refractivity contribution is 5.73. The summed E-state index contributed by atoms with van der Waals surface area (Å²) < 4.78 is 10.9. The fraction of sp³-hybridized carbons (Fsp3) is 0.458. The minimum atomic E-state index is -0.756. The average Bonchev–Trinajstić information content (AvgIpc) is 2.74. The number of carbonyl (C=O) groups is 1. The molecule has 0 spiro atoms. The Labute approximate surface area is 173 Å². The minimum Gasteiger partial charge on any atom is -0.493 e. The number of piperidine rings is 1. The van der Waals surface area contributed by atoms with Gasteiger partial charge in [-0.3, -0.25) is 9.69 Å². The SMILES string of the molecule is COc1ccc(C(c2ccc(C(C)C)cc2)N2CCCCC2C(=O)O)cc1OC. The Morgan fingerprint density at radius 1 is 0.966 bits per heavy atom. The molecule has 1 fully saturated rings.